The van der Waals surface area contributed by atoms with Crippen molar-refractivity contribution in [2.75, 3.05) is 0 Å². The largest absolute Gasteiger partial charge is 0.425 e. The van der Waals surface area contributed by atoms with Crippen LogP contribution in [0, 0.1) is 13.8 Å². The van der Waals surface area contributed by atoms with E-state index in [2.05, 4.69) is 14.9 Å². The Morgan fingerprint density at radius 2 is 1.96 bits per heavy atom. The molecule has 1 N–H and O–H groups in total. The molecule has 2 aromatic rings. The molecule has 0 bridgehead atoms. The lowest BCUT2D eigenvalue weighted by Crippen LogP contribution is -2.31. The summed E-state index contributed by atoms with van der Waals surface area (Å²) in [5, 5.41) is 7.71. The van der Waals surface area contributed by atoms with E-state index in [1.54, 1.807) is 19.9 Å². The summed E-state index contributed by atoms with van der Waals surface area (Å²) in [5.41, 5.74) is 1.39. The molecule has 130 valence electrons. The number of rotatable bonds is 6. The fourth-order valence-electron chi connectivity index (χ4n) is 2.07. The molecule has 24 heavy (non-hydrogen) atoms. The molecule has 1 heterocycles. The van der Waals surface area contributed by atoms with E-state index < -0.39 is 15.9 Å². The van der Waals surface area contributed by atoms with Gasteiger partial charge in [0.05, 0.1) is 4.90 Å². The maximum absolute atomic E-state index is 12.3. The van der Waals surface area contributed by atoms with Gasteiger partial charge in [0, 0.05) is 18.8 Å². The van der Waals surface area contributed by atoms with Crippen LogP contribution in [0.5, 0.6) is 0 Å². The van der Waals surface area contributed by atoms with E-state index in [0.717, 1.165) is 5.56 Å². The first-order valence-corrected chi connectivity index (χ1v) is 9.12. The van der Waals surface area contributed by atoms with Crippen LogP contribution in [0.2, 0.25) is 0 Å². The summed E-state index contributed by atoms with van der Waals surface area (Å²) in [6.07, 6.45) is 0.137. The normalized spacial score (nSPS) is 11.7. The molecule has 0 radical (unpaired) electrons. The average Bonchev–Trinajstić information content (AvgIpc) is 2.96. The number of hydrogen-bond acceptors (Lipinski definition) is 6. The van der Waals surface area contributed by atoms with Gasteiger partial charge in [0.25, 0.3) is 10.0 Å². The van der Waals surface area contributed by atoms with Crippen molar-refractivity contribution in [3.8, 4) is 0 Å². The van der Waals surface area contributed by atoms with Crippen LogP contribution in [0.15, 0.2) is 27.5 Å². The van der Waals surface area contributed by atoms with Crippen LogP contribution in [0.4, 0.5) is 0 Å². The average molecular weight is 351 g/mol. The Balaban J connectivity index is 2.01. The molecule has 0 atom stereocenters. The summed E-state index contributed by atoms with van der Waals surface area (Å²) < 4.78 is 32.2. The maximum atomic E-state index is 12.3. The second-order valence-electron chi connectivity index (χ2n) is 5.99. The van der Waals surface area contributed by atoms with Crippen LogP contribution in [0.25, 0.3) is 0 Å². The molecule has 1 amide bonds. The van der Waals surface area contributed by atoms with E-state index in [4.69, 9.17) is 4.42 Å². The molecular formula is C16H21N3O4S. The van der Waals surface area contributed by atoms with E-state index in [-0.39, 0.29) is 23.7 Å². The van der Waals surface area contributed by atoms with Crippen molar-refractivity contribution < 1.29 is 17.6 Å². The third-order valence-electron chi connectivity index (χ3n) is 3.42. The van der Waals surface area contributed by atoms with Crippen LogP contribution in [-0.2, 0) is 21.2 Å². The fraction of sp³-hybridized carbons (Fsp3) is 0.438. The van der Waals surface area contributed by atoms with Crippen molar-refractivity contribution in [2.45, 2.75) is 51.3 Å². The van der Waals surface area contributed by atoms with E-state index in [9.17, 15) is 13.2 Å². The maximum Gasteiger partial charge on any atom is 0.264 e. The van der Waals surface area contributed by atoms with E-state index in [0.29, 0.717) is 17.3 Å². The first-order chi connectivity index (χ1) is 11.2. The van der Waals surface area contributed by atoms with Gasteiger partial charge >= 0.3 is 0 Å². The van der Waals surface area contributed by atoms with Crippen LogP contribution >= 0.6 is 0 Å². The third kappa shape index (κ3) is 4.41. The smallest absolute Gasteiger partial charge is 0.264 e. The van der Waals surface area contributed by atoms with Crippen molar-refractivity contribution in [3.63, 3.8) is 0 Å². The van der Waals surface area contributed by atoms with E-state index in [1.807, 2.05) is 19.9 Å². The summed E-state index contributed by atoms with van der Waals surface area (Å²) in [6.45, 7) is 7.31. The number of sulfonamides is 1. The minimum Gasteiger partial charge on any atom is -0.425 e. The highest BCUT2D eigenvalue weighted by Crippen LogP contribution is 2.17. The minimum absolute atomic E-state index is 0.0518. The van der Waals surface area contributed by atoms with Crippen molar-refractivity contribution in [1.82, 2.24) is 14.9 Å². The quantitative estimate of drug-likeness (QED) is 0.856. The highest BCUT2D eigenvalue weighted by atomic mass is 32.2. The summed E-state index contributed by atoms with van der Waals surface area (Å²) >= 11 is 0. The number of nitrogens with one attached hydrogen (secondary N) is 1. The van der Waals surface area contributed by atoms with Gasteiger partial charge < -0.3 is 4.42 Å². The second-order valence-corrected chi connectivity index (χ2v) is 7.64. The molecule has 1 aromatic carbocycles. The summed E-state index contributed by atoms with van der Waals surface area (Å²) in [7, 11) is -3.89. The number of benzene rings is 1. The van der Waals surface area contributed by atoms with Gasteiger partial charge in [-0.15, -0.1) is 10.2 Å². The number of carbonyl (C=O) groups is 1. The Bertz CT molecular complexity index is 841. The second kappa shape index (κ2) is 7.12. The number of hydrogen-bond donors (Lipinski definition) is 1. The van der Waals surface area contributed by atoms with E-state index in [1.165, 1.54) is 6.07 Å². The molecule has 0 unspecified atom stereocenters. The molecule has 2 rings (SSSR count). The van der Waals surface area contributed by atoms with Gasteiger partial charge in [-0.05, 0) is 31.0 Å². The Hall–Kier alpha value is -2.22. The SMILES string of the molecule is Cc1ccc(C)c(S(=O)(=O)NC(=O)CCc2nnc(C(C)C)o2)c1. The molecule has 0 saturated carbocycles. The van der Waals surface area contributed by atoms with Gasteiger partial charge in [-0.1, -0.05) is 26.0 Å². The lowest BCUT2D eigenvalue weighted by atomic mass is 10.2. The number of nitrogens with zero attached hydrogens (tertiary/aromatic N) is 2. The Kier molecular flexibility index (Phi) is 5.38. The highest BCUT2D eigenvalue weighted by Gasteiger charge is 2.20. The fourth-order valence-corrected chi connectivity index (χ4v) is 3.42. The molecule has 0 aliphatic carbocycles. The van der Waals surface area contributed by atoms with Crippen LogP contribution in [-0.4, -0.2) is 24.5 Å². The minimum atomic E-state index is -3.89. The monoisotopic (exact) mass is 351 g/mol. The van der Waals surface area contributed by atoms with E-state index >= 15 is 0 Å². The third-order valence-corrected chi connectivity index (χ3v) is 4.94. The van der Waals surface area contributed by atoms with Crippen molar-refractivity contribution in [2.24, 2.45) is 0 Å². The zero-order chi connectivity index (χ0) is 17.9. The summed E-state index contributed by atoms with van der Waals surface area (Å²) in [6, 6.07) is 5.07. The molecule has 0 fully saturated rings. The van der Waals surface area contributed by atoms with Crippen molar-refractivity contribution >= 4 is 15.9 Å². The molecule has 8 heteroatoms. The number of aryl methyl sites for hydroxylation is 3. The first-order valence-electron chi connectivity index (χ1n) is 7.64. The van der Waals surface area contributed by atoms with Crippen LogP contribution < -0.4 is 4.72 Å². The Labute approximate surface area is 141 Å². The molecule has 1 aromatic heterocycles. The van der Waals surface area contributed by atoms with Gasteiger partial charge in [0.1, 0.15) is 0 Å². The highest BCUT2D eigenvalue weighted by molar-refractivity contribution is 7.90. The topological polar surface area (TPSA) is 102 Å². The van der Waals surface area contributed by atoms with Gasteiger partial charge in [-0.25, -0.2) is 13.1 Å². The van der Waals surface area contributed by atoms with Crippen molar-refractivity contribution in [3.05, 3.63) is 41.1 Å². The predicted molar refractivity (Wildman–Crippen MR) is 88.0 cm³/mol. The van der Waals surface area contributed by atoms with Crippen LogP contribution in [0.1, 0.15) is 49.1 Å². The van der Waals surface area contributed by atoms with Crippen LogP contribution in [0.3, 0.4) is 0 Å². The molecule has 0 spiro atoms. The zero-order valence-corrected chi connectivity index (χ0v) is 15.0. The molecule has 0 saturated heterocycles. The standard InChI is InChI=1S/C16H21N3O4S/c1-10(2)16-18-17-15(23-16)8-7-14(20)19-24(21,22)13-9-11(3)5-6-12(13)4/h5-6,9-10H,7-8H2,1-4H3,(H,19,20). The number of aromatic nitrogens is 2. The molecular weight excluding hydrogens is 330 g/mol. The van der Waals surface area contributed by atoms with Gasteiger partial charge in [-0.2, -0.15) is 0 Å². The van der Waals surface area contributed by atoms with Gasteiger partial charge in [-0.3, -0.25) is 4.79 Å². The number of carbonyl (C=O) groups excluding carboxylic acids is 1. The van der Waals surface area contributed by atoms with Gasteiger partial charge in [0.15, 0.2) is 0 Å². The predicted octanol–water partition coefficient (Wildman–Crippen LogP) is 2.25. The summed E-state index contributed by atoms with van der Waals surface area (Å²) in [4.78, 5) is 12.1. The first kappa shape index (κ1) is 18.1. The lowest BCUT2D eigenvalue weighted by Gasteiger charge is -2.09. The number of amides is 1. The zero-order valence-electron chi connectivity index (χ0n) is 14.2. The van der Waals surface area contributed by atoms with Gasteiger partial charge in [0.2, 0.25) is 17.7 Å². The molecule has 7 nitrogen and oxygen atoms in total. The van der Waals surface area contributed by atoms with Crippen molar-refractivity contribution in [1.29, 1.82) is 0 Å². The Morgan fingerprint density at radius 1 is 1.25 bits per heavy atom. The molecule has 0 aliphatic rings. The summed E-state index contributed by atoms with van der Waals surface area (Å²) in [5.74, 6) is 0.302. The Morgan fingerprint density at radius 3 is 2.58 bits per heavy atom. The molecule has 0 aliphatic heterocycles. The lowest BCUT2D eigenvalue weighted by molar-refractivity contribution is -0.119.